The number of carbonyl (C=O) groups excluding carboxylic acids is 1. The van der Waals surface area contributed by atoms with Crippen LogP contribution in [0.25, 0.3) is 0 Å². The Bertz CT molecular complexity index is 1270. The van der Waals surface area contributed by atoms with Crippen LogP contribution < -0.4 is 19.5 Å². The Morgan fingerprint density at radius 3 is 2.19 bits per heavy atom. The van der Waals surface area contributed by atoms with Crippen LogP contribution in [-0.4, -0.2) is 45.6 Å². The normalized spacial score (nSPS) is 11.0. The molecule has 0 saturated carbocycles. The summed E-state index contributed by atoms with van der Waals surface area (Å²) in [7, 11) is 0.275. The minimum Gasteiger partial charge on any atom is -0.496 e. The van der Waals surface area contributed by atoms with E-state index in [1.165, 1.54) is 33.5 Å². The SMILES string of the molecule is COc1cc(OC)c(C(=O)Nc2ncc(S(=O)(=O)c3ccc([N+](=O)[O-])cc3)s2)cc1OC. The van der Waals surface area contributed by atoms with E-state index in [-0.39, 0.29) is 31.2 Å². The van der Waals surface area contributed by atoms with E-state index in [1.807, 2.05) is 0 Å². The van der Waals surface area contributed by atoms with Crippen LogP contribution in [0.4, 0.5) is 10.8 Å². The number of nitro groups is 1. The van der Waals surface area contributed by atoms with Crippen molar-refractivity contribution < 1.29 is 32.3 Å². The molecule has 0 fully saturated rings. The predicted molar refractivity (Wildman–Crippen MR) is 115 cm³/mol. The van der Waals surface area contributed by atoms with Gasteiger partial charge in [0.15, 0.2) is 16.6 Å². The Kier molecular flexibility index (Phi) is 6.60. The second-order valence-corrected chi connectivity index (χ2v) is 9.31. The number of methoxy groups -OCH3 is 3. The number of nitrogens with one attached hydrogen (secondary N) is 1. The highest BCUT2D eigenvalue weighted by Gasteiger charge is 2.24. The minimum absolute atomic E-state index is 0.0346. The van der Waals surface area contributed by atoms with Gasteiger partial charge in [-0.2, -0.15) is 0 Å². The standard InChI is InChI=1S/C19H17N3O8S2/c1-28-14-9-16(30-3)15(29-2)8-13(14)18(23)21-19-20-10-17(31-19)32(26,27)12-6-4-11(5-7-12)22(24)25/h4-10H,1-3H3,(H,20,21,23). The molecule has 0 aliphatic heterocycles. The van der Waals surface area contributed by atoms with E-state index in [0.717, 1.165) is 41.8 Å². The Balaban J connectivity index is 1.86. The van der Waals surface area contributed by atoms with Crippen LogP contribution in [0.5, 0.6) is 17.2 Å². The van der Waals surface area contributed by atoms with Crippen LogP contribution >= 0.6 is 11.3 Å². The summed E-state index contributed by atoms with van der Waals surface area (Å²) in [4.78, 5) is 26.7. The van der Waals surface area contributed by atoms with E-state index in [9.17, 15) is 23.3 Å². The van der Waals surface area contributed by atoms with Gasteiger partial charge in [-0.3, -0.25) is 20.2 Å². The fourth-order valence-electron chi connectivity index (χ4n) is 2.68. The average molecular weight is 479 g/mol. The average Bonchev–Trinajstić information content (AvgIpc) is 3.27. The van der Waals surface area contributed by atoms with Gasteiger partial charge in [-0.15, -0.1) is 0 Å². The molecule has 1 amide bonds. The molecule has 0 aliphatic rings. The Morgan fingerprint density at radius 1 is 1.03 bits per heavy atom. The zero-order chi connectivity index (χ0) is 23.5. The predicted octanol–water partition coefficient (Wildman–Crippen LogP) is 3.16. The number of aromatic nitrogens is 1. The molecule has 0 unspecified atom stereocenters. The topological polar surface area (TPSA) is 147 Å². The number of nitro benzene ring substituents is 1. The Morgan fingerprint density at radius 2 is 1.62 bits per heavy atom. The van der Waals surface area contributed by atoms with E-state index in [2.05, 4.69) is 10.3 Å². The lowest BCUT2D eigenvalue weighted by Gasteiger charge is -2.13. The summed E-state index contributed by atoms with van der Waals surface area (Å²) < 4.78 is 41.0. The molecule has 3 aromatic rings. The van der Waals surface area contributed by atoms with Crippen molar-refractivity contribution in [2.75, 3.05) is 26.6 Å². The smallest absolute Gasteiger partial charge is 0.269 e. The number of rotatable bonds is 8. The number of carbonyl (C=O) groups is 1. The number of anilines is 1. The lowest BCUT2D eigenvalue weighted by Crippen LogP contribution is -2.13. The van der Waals surface area contributed by atoms with Gasteiger partial charge >= 0.3 is 0 Å². The molecule has 0 spiro atoms. The second kappa shape index (κ2) is 9.20. The first-order valence-electron chi connectivity index (χ1n) is 8.78. The molecular weight excluding hydrogens is 462 g/mol. The number of ether oxygens (including phenoxy) is 3. The first-order chi connectivity index (χ1) is 15.2. The van der Waals surface area contributed by atoms with Crippen LogP contribution in [0.15, 0.2) is 51.7 Å². The van der Waals surface area contributed by atoms with Crippen molar-refractivity contribution in [1.29, 1.82) is 0 Å². The fourth-order valence-corrected chi connectivity index (χ4v) is 5.10. The summed E-state index contributed by atoms with van der Waals surface area (Å²) in [5, 5.41) is 13.3. The van der Waals surface area contributed by atoms with Crippen molar-refractivity contribution in [2.24, 2.45) is 0 Å². The number of benzene rings is 2. The summed E-state index contributed by atoms with van der Waals surface area (Å²) in [5.74, 6) is 0.289. The molecule has 0 aliphatic carbocycles. The maximum atomic E-state index is 12.8. The number of thiazole rings is 1. The van der Waals surface area contributed by atoms with Crippen LogP contribution in [0.3, 0.4) is 0 Å². The van der Waals surface area contributed by atoms with Crippen LogP contribution in [0.1, 0.15) is 10.4 Å². The highest BCUT2D eigenvalue weighted by atomic mass is 32.2. The quantitative estimate of drug-likeness (QED) is 0.380. The number of sulfone groups is 1. The van der Waals surface area contributed by atoms with Crippen molar-refractivity contribution in [1.82, 2.24) is 4.98 Å². The summed E-state index contributed by atoms with van der Waals surface area (Å²) in [6.07, 6.45) is 1.10. The molecule has 1 heterocycles. The summed E-state index contributed by atoms with van der Waals surface area (Å²) in [5.41, 5.74) is -0.106. The molecule has 1 N–H and O–H groups in total. The molecule has 13 heteroatoms. The maximum Gasteiger partial charge on any atom is 0.269 e. The van der Waals surface area contributed by atoms with Gasteiger partial charge < -0.3 is 14.2 Å². The van der Waals surface area contributed by atoms with Crippen LogP contribution in [0.2, 0.25) is 0 Å². The Hall–Kier alpha value is -3.71. The van der Waals surface area contributed by atoms with Crippen LogP contribution in [-0.2, 0) is 9.84 Å². The first kappa shape index (κ1) is 23.0. The van der Waals surface area contributed by atoms with Crippen molar-refractivity contribution in [3.63, 3.8) is 0 Å². The molecule has 11 nitrogen and oxygen atoms in total. The van der Waals surface area contributed by atoms with E-state index >= 15 is 0 Å². The maximum absolute atomic E-state index is 12.8. The lowest BCUT2D eigenvalue weighted by molar-refractivity contribution is -0.384. The van der Waals surface area contributed by atoms with Gasteiger partial charge in [-0.05, 0) is 12.1 Å². The van der Waals surface area contributed by atoms with Crippen molar-refractivity contribution in [3.05, 3.63) is 58.3 Å². The highest BCUT2D eigenvalue weighted by molar-refractivity contribution is 7.93. The third-order valence-electron chi connectivity index (χ3n) is 4.28. The summed E-state index contributed by atoms with van der Waals surface area (Å²) >= 11 is 0.738. The first-order valence-corrected chi connectivity index (χ1v) is 11.1. The van der Waals surface area contributed by atoms with Gasteiger partial charge in [0.25, 0.3) is 11.6 Å². The molecule has 32 heavy (non-hydrogen) atoms. The van der Waals surface area contributed by atoms with Gasteiger partial charge in [0.2, 0.25) is 9.84 Å². The number of nitrogens with zero attached hydrogens (tertiary/aromatic N) is 2. The van der Waals surface area contributed by atoms with Crippen molar-refractivity contribution in [2.45, 2.75) is 9.10 Å². The molecule has 0 bridgehead atoms. The van der Waals surface area contributed by atoms with E-state index < -0.39 is 20.7 Å². The van der Waals surface area contributed by atoms with Gasteiger partial charge in [-0.1, -0.05) is 11.3 Å². The largest absolute Gasteiger partial charge is 0.496 e. The van der Waals surface area contributed by atoms with Crippen LogP contribution in [0, 0.1) is 10.1 Å². The number of hydrogen-bond acceptors (Lipinski definition) is 10. The number of non-ortho nitro benzene ring substituents is 1. The molecule has 0 radical (unpaired) electrons. The van der Waals surface area contributed by atoms with Crippen molar-refractivity contribution in [3.8, 4) is 17.2 Å². The number of hydrogen-bond donors (Lipinski definition) is 1. The zero-order valence-electron chi connectivity index (χ0n) is 17.0. The van der Waals surface area contributed by atoms with Crippen molar-refractivity contribution >= 4 is 37.9 Å². The minimum atomic E-state index is -3.97. The van der Waals surface area contributed by atoms with E-state index in [0.29, 0.717) is 11.5 Å². The van der Waals surface area contributed by atoms with Gasteiger partial charge in [-0.25, -0.2) is 13.4 Å². The molecular formula is C19H17N3O8S2. The lowest BCUT2D eigenvalue weighted by atomic mass is 10.1. The zero-order valence-corrected chi connectivity index (χ0v) is 18.7. The molecule has 1 aromatic heterocycles. The van der Waals surface area contributed by atoms with E-state index in [1.54, 1.807) is 0 Å². The van der Waals surface area contributed by atoms with Gasteiger partial charge in [0, 0.05) is 24.3 Å². The Labute approximate surface area is 186 Å². The molecule has 0 atom stereocenters. The third kappa shape index (κ3) is 4.48. The fraction of sp³-hybridized carbons (Fsp3) is 0.158. The highest BCUT2D eigenvalue weighted by Crippen LogP contribution is 2.35. The molecule has 2 aromatic carbocycles. The molecule has 3 rings (SSSR count). The summed E-state index contributed by atoms with van der Waals surface area (Å²) in [6, 6.07) is 7.38. The molecule has 0 saturated heterocycles. The van der Waals surface area contributed by atoms with Gasteiger partial charge in [0.1, 0.15) is 9.96 Å². The monoisotopic (exact) mass is 479 g/mol. The second-order valence-electron chi connectivity index (χ2n) is 6.10. The summed E-state index contributed by atoms with van der Waals surface area (Å²) in [6.45, 7) is 0. The third-order valence-corrected chi connectivity index (χ3v) is 7.42. The van der Waals surface area contributed by atoms with E-state index in [4.69, 9.17) is 14.2 Å². The van der Waals surface area contributed by atoms with Gasteiger partial charge in [0.05, 0.1) is 42.9 Å². The number of amides is 1. The molecule has 168 valence electrons.